The van der Waals surface area contributed by atoms with E-state index in [1.165, 1.54) is 38.5 Å². The monoisotopic (exact) mass is 241 g/mol. The molecule has 1 rings (SSSR count). The summed E-state index contributed by atoms with van der Waals surface area (Å²) in [5.41, 5.74) is 0. The van der Waals surface area contributed by atoms with E-state index in [1.807, 2.05) is 13.8 Å². The third-order valence-electron chi connectivity index (χ3n) is 3.73. The molecule has 0 aromatic carbocycles. The first-order valence-electron chi connectivity index (χ1n) is 7.04. The molecule has 1 aliphatic carbocycles. The SMILES string of the molecule is CC(C)C(O)CNC(=O)CC1CCCCCC1. The first-order chi connectivity index (χ1) is 8.09. The van der Waals surface area contributed by atoms with Crippen LogP contribution in [0.25, 0.3) is 0 Å². The third kappa shape index (κ3) is 6.06. The van der Waals surface area contributed by atoms with Crippen molar-refractivity contribution in [2.24, 2.45) is 11.8 Å². The van der Waals surface area contributed by atoms with Gasteiger partial charge in [-0.15, -0.1) is 0 Å². The van der Waals surface area contributed by atoms with Crippen LogP contribution in [0.2, 0.25) is 0 Å². The van der Waals surface area contributed by atoms with Crippen molar-refractivity contribution in [1.82, 2.24) is 5.32 Å². The zero-order valence-corrected chi connectivity index (χ0v) is 11.2. The van der Waals surface area contributed by atoms with Crippen LogP contribution in [0.5, 0.6) is 0 Å². The molecule has 0 spiro atoms. The van der Waals surface area contributed by atoms with Crippen LogP contribution in [0, 0.1) is 11.8 Å². The highest BCUT2D eigenvalue weighted by Gasteiger charge is 2.17. The number of aliphatic hydroxyl groups is 1. The van der Waals surface area contributed by atoms with Crippen LogP contribution >= 0.6 is 0 Å². The van der Waals surface area contributed by atoms with Crippen LogP contribution < -0.4 is 5.32 Å². The topological polar surface area (TPSA) is 49.3 Å². The maximum Gasteiger partial charge on any atom is 0.220 e. The van der Waals surface area contributed by atoms with E-state index < -0.39 is 6.10 Å². The highest BCUT2D eigenvalue weighted by Crippen LogP contribution is 2.25. The number of rotatable bonds is 5. The Hall–Kier alpha value is -0.570. The summed E-state index contributed by atoms with van der Waals surface area (Å²) in [6.07, 6.45) is 7.80. The zero-order chi connectivity index (χ0) is 12.7. The van der Waals surface area contributed by atoms with Gasteiger partial charge >= 0.3 is 0 Å². The Labute approximate surface area is 105 Å². The Morgan fingerprint density at radius 3 is 2.35 bits per heavy atom. The van der Waals surface area contributed by atoms with Crippen LogP contribution in [-0.2, 0) is 4.79 Å². The van der Waals surface area contributed by atoms with Gasteiger partial charge in [-0.2, -0.15) is 0 Å². The molecule has 3 heteroatoms. The van der Waals surface area contributed by atoms with Crippen LogP contribution in [0.3, 0.4) is 0 Å². The van der Waals surface area contributed by atoms with Gasteiger partial charge in [0, 0.05) is 13.0 Å². The second kappa shape index (κ2) is 7.70. The van der Waals surface area contributed by atoms with Crippen molar-refractivity contribution in [2.75, 3.05) is 6.54 Å². The Bertz CT molecular complexity index is 220. The Kier molecular flexibility index (Phi) is 6.56. The molecular formula is C14H27NO2. The van der Waals surface area contributed by atoms with E-state index in [4.69, 9.17) is 0 Å². The standard InChI is InChI=1S/C14H27NO2/c1-11(2)13(16)10-15-14(17)9-12-7-5-3-4-6-8-12/h11-13,16H,3-10H2,1-2H3,(H,15,17). The molecule has 0 bridgehead atoms. The van der Waals surface area contributed by atoms with Gasteiger partial charge in [0.15, 0.2) is 0 Å². The van der Waals surface area contributed by atoms with Crippen LogP contribution in [0.4, 0.5) is 0 Å². The van der Waals surface area contributed by atoms with Gasteiger partial charge in [0.05, 0.1) is 6.10 Å². The normalized spacial score (nSPS) is 20.0. The summed E-state index contributed by atoms with van der Waals surface area (Å²) in [7, 11) is 0. The molecule has 0 heterocycles. The van der Waals surface area contributed by atoms with Crippen LogP contribution in [-0.4, -0.2) is 23.7 Å². The predicted molar refractivity (Wildman–Crippen MR) is 69.7 cm³/mol. The molecule has 0 aliphatic heterocycles. The maximum absolute atomic E-state index is 11.7. The lowest BCUT2D eigenvalue weighted by Gasteiger charge is -2.17. The number of carbonyl (C=O) groups is 1. The number of hydrogen-bond acceptors (Lipinski definition) is 2. The number of amides is 1. The second-order valence-corrected chi connectivity index (χ2v) is 5.68. The molecule has 2 N–H and O–H groups in total. The minimum Gasteiger partial charge on any atom is -0.391 e. The van der Waals surface area contributed by atoms with Gasteiger partial charge in [-0.1, -0.05) is 39.5 Å². The minimum absolute atomic E-state index is 0.108. The molecule has 100 valence electrons. The summed E-state index contributed by atoms with van der Waals surface area (Å²) in [6, 6.07) is 0. The Morgan fingerprint density at radius 1 is 1.24 bits per heavy atom. The van der Waals surface area contributed by atoms with E-state index in [0.29, 0.717) is 18.9 Å². The zero-order valence-electron chi connectivity index (χ0n) is 11.2. The fraction of sp³-hybridized carbons (Fsp3) is 0.929. The van der Waals surface area contributed by atoms with E-state index in [9.17, 15) is 9.90 Å². The van der Waals surface area contributed by atoms with E-state index in [0.717, 1.165) is 0 Å². The smallest absolute Gasteiger partial charge is 0.220 e. The summed E-state index contributed by atoms with van der Waals surface area (Å²) in [5, 5.41) is 12.5. The van der Waals surface area contributed by atoms with Crippen molar-refractivity contribution >= 4 is 5.91 Å². The molecular weight excluding hydrogens is 214 g/mol. The van der Waals surface area contributed by atoms with Crippen molar-refractivity contribution < 1.29 is 9.90 Å². The average molecular weight is 241 g/mol. The summed E-state index contributed by atoms with van der Waals surface area (Å²) < 4.78 is 0. The lowest BCUT2D eigenvalue weighted by Crippen LogP contribution is -2.35. The lowest BCUT2D eigenvalue weighted by atomic mass is 9.96. The van der Waals surface area contributed by atoms with Gasteiger partial charge in [-0.3, -0.25) is 4.79 Å². The van der Waals surface area contributed by atoms with Gasteiger partial charge in [-0.05, 0) is 24.7 Å². The number of aliphatic hydroxyl groups excluding tert-OH is 1. The molecule has 3 nitrogen and oxygen atoms in total. The van der Waals surface area contributed by atoms with Crippen molar-refractivity contribution in [2.45, 2.75) is 64.9 Å². The molecule has 1 fully saturated rings. The summed E-state index contributed by atoms with van der Waals surface area (Å²) in [4.78, 5) is 11.7. The van der Waals surface area contributed by atoms with Gasteiger partial charge in [-0.25, -0.2) is 0 Å². The largest absolute Gasteiger partial charge is 0.391 e. The maximum atomic E-state index is 11.7. The molecule has 17 heavy (non-hydrogen) atoms. The molecule has 0 aromatic rings. The number of hydrogen-bond donors (Lipinski definition) is 2. The fourth-order valence-electron chi connectivity index (χ4n) is 2.36. The molecule has 1 saturated carbocycles. The predicted octanol–water partition coefficient (Wildman–Crippen LogP) is 2.48. The quantitative estimate of drug-likeness (QED) is 0.726. The van der Waals surface area contributed by atoms with Gasteiger partial charge in [0.25, 0.3) is 0 Å². The van der Waals surface area contributed by atoms with E-state index in [2.05, 4.69) is 5.32 Å². The Morgan fingerprint density at radius 2 is 1.82 bits per heavy atom. The number of carbonyl (C=O) groups excluding carboxylic acids is 1. The molecule has 0 aromatic heterocycles. The first kappa shape index (κ1) is 14.5. The van der Waals surface area contributed by atoms with E-state index >= 15 is 0 Å². The second-order valence-electron chi connectivity index (χ2n) is 5.68. The van der Waals surface area contributed by atoms with Gasteiger partial charge in [0.2, 0.25) is 5.91 Å². The average Bonchev–Trinajstić information content (AvgIpc) is 2.54. The van der Waals surface area contributed by atoms with Crippen LogP contribution in [0.15, 0.2) is 0 Å². The molecule has 0 saturated heterocycles. The highest BCUT2D eigenvalue weighted by atomic mass is 16.3. The van der Waals surface area contributed by atoms with Gasteiger partial charge in [0.1, 0.15) is 0 Å². The Balaban J connectivity index is 2.19. The molecule has 0 radical (unpaired) electrons. The van der Waals surface area contributed by atoms with Crippen molar-refractivity contribution in [3.8, 4) is 0 Å². The molecule has 1 aliphatic rings. The fourth-order valence-corrected chi connectivity index (χ4v) is 2.36. The minimum atomic E-state index is -0.423. The van der Waals surface area contributed by atoms with Crippen molar-refractivity contribution in [3.63, 3.8) is 0 Å². The summed E-state index contributed by atoms with van der Waals surface area (Å²) in [6.45, 7) is 4.31. The third-order valence-corrected chi connectivity index (χ3v) is 3.73. The van der Waals surface area contributed by atoms with Crippen LogP contribution in [0.1, 0.15) is 58.8 Å². The van der Waals surface area contributed by atoms with Crippen molar-refractivity contribution in [1.29, 1.82) is 0 Å². The van der Waals surface area contributed by atoms with E-state index in [1.54, 1.807) is 0 Å². The van der Waals surface area contributed by atoms with Gasteiger partial charge < -0.3 is 10.4 Å². The highest BCUT2D eigenvalue weighted by molar-refractivity contribution is 5.76. The molecule has 1 amide bonds. The lowest BCUT2D eigenvalue weighted by molar-refractivity contribution is -0.122. The summed E-state index contributed by atoms with van der Waals surface area (Å²) in [5.74, 6) is 0.874. The molecule has 1 unspecified atom stereocenters. The van der Waals surface area contributed by atoms with E-state index in [-0.39, 0.29) is 11.8 Å². The molecule has 1 atom stereocenters. The summed E-state index contributed by atoms with van der Waals surface area (Å²) >= 11 is 0. The first-order valence-corrected chi connectivity index (χ1v) is 7.04. The van der Waals surface area contributed by atoms with Crippen molar-refractivity contribution in [3.05, 3.63) is 0 Å². The number of nitrogens with one attached hydrogen (secondary N) is 1.